The number of sulfone groups is 1. The zero-order valence-electron chi connectivity index (χ0n) is 29.2. The molecule has 11 nitrogen and oxygen atoms in total. The average molecular weight is 734 g/mol. The van der Waals surface area contributed by atoms with E-state index in [0.717, 1.165) is 59.9 Å². The minimum Gasteiger partial charge on any atom is -0.396 e. The number of nitrogen functional groups attached to an aromatic ring is 1. The van der Waals surface area contributed by atoms with Gasteiger partial charge in [-0.2, -0.15) is 0 Å². The lowest BCUT2D eigenvalue weighted by Crippen LogP contribution is -2.69. The lowest BCUT2D eigenvalue weighted by Gasteiger charge is -2.57. The van der Waals surface area contributed by atoms with Gasteiger partial charge in [-0.15, -0.1) is 0 Å². The van der Waals surface area contributed by atoms with Crippen molar-refractivity contribution in [2.75, 3.05) is 42.0 Å². The number of nitrogens with zero attached hydrogens (tertiary/aromatic N) is 4. The number of piperidine rings is 2. The number of fused-ring (bicyclic) bond motifs is 2. The Labute approximate surface area is 299 Å². The molecule has 3 aromatic rings. The molecular weight excluding hydrogens is 690 g/mol. The maximum Gasteiger partial charge on any atom is 0.255 e. The van der Waals surface area contributed by atoms with E-state index in [9.17, 15) is 27.2 Å². The van der Waals surface area contributed by atoms with Crippen molar-refractivity contribution in [1.82, 2.24) is 9.80 Å². The van der Waals surface area contributed by atoms with Gasteiger partial charge in [-0.3, -0.25) is 19.3 Å². The number of carbonyl (C=O) groups excluding carboxylic acids is 3. The summed E-state index contributed by atoms with van der Waals surface area (Å²) in [5.41, 5.74) is 8.67. The highest BCUT2D eigenvalue weighted by atomic mass is 32.2. The molecule has 0 aliphatic carbocycles. The molecule has 0 bridgehead atoms. The summed E-state index contributed by atoms with van der Waals surface area (Å²) in [6.45, 7) is 8.91. The second-order valence-electron chi connectivity index (χ2n) is 15.1. The molecule has 4 aliphatic heterocycles. The normalized spacial score (nSPS) is 22.3. The van der Waals surface area contributed by atoms with Gasteiger partial charge < -0.3 is 25.2 Å². The van der Waals surface area contributed by atoms with Crippen molar-refractivity contribution in [3.8, 4) is 0 Å². The fourth-order valence-electron chi connectivity index (χ4n) is 7.62. The van der Waals surface area contributed by atoms with Crippen molar-refractivity contribution in [3.63, 3.8) is 0 Å². The Morgan fingerprint density at radius 1 is 0.902 bits per heavy atom. The quantitative estimate of drug-likeness (QED) is 0.134. The highest BCUT2D eigenvalue weighted by molar-refractivity contribution is 7.91. The predicted molar refractivity (Wildman–Crippen MR) is 194 cm³/mol. The van der Waals surface area contributed by atoms with Crippen LogP contribution >= 0.6 is 0 Å². The molecule has 51 heavy (non-hydrogen) atoms. The summed E-state index contributed by atoms with van der Waals surface area (Å²) in [6.07, 6.45) is 2.35. The lowest BCUT2D eigenvalue weighted by atomic mass is 9.85. The largest absolute Gasteiger partial charge is 0.396 e. The second-order valence-corrected chi connectivity index (χ2v) is 22.7. The third-order valence-electron chi connectivity index (χ3n) is 10.6. The van der Waals surface area contributed by atoms with Crippen LogP contribution in [-0.4, -0.2) is 88.6 Å². The number of rotatable bonds is 10. The van der Waals surface area contributed by atoms with Crippen LogP contribution in [0.5, 0.6) is 0 Å². The number of anilines is 3. The smallest absolute Gasteiger partial charge is 0.255 e. The fourth-order valence-corrected chi connectivity index (χ4v) is 9.69. The first-order valence-corrected chi connectivity index (χ1v) is 22.7. The molecule has 7 rings (SSSR count). The Kier molecular flexibility index (Phi) is 9.21. The molecule has 3 fully saturated rings. The fraction of sp³-hybridized carbons (Fsp3) is 0.432. The summed E-state index contributed by atoms with van der Waals surface area (Å²) < 4.78 is 46.7. The molecule has 0 radical (unpaired) electrons. The van der Waals surface area contributed by atoms with Crippen LogP contribution in [0.4, 0.5) is 21.5 Å². The van der Waals surface area contributed by atoms with Gasteiger partial charge in [-0.1, -0.05) is 25.7 Å². The summed E-state index contributed by atoms with van der Waals surface area (Å²) in [7, 11) is -5.28. The maximum absolute atomic E-state index is 14.1. The Balaban J connectivity index is 1.03. The second kappa shape index (κ2) is 13.4. The number of benzene rings is 3. The van der Waals surface area contributed by atoms with Crippen LogP contribution in [0.3, 0.4) is 0 Å². The van der Waals surface area contributed by atoms with Crippen molar-refractivity contribution in [1.29, 1.82) is 0 Å². The SMILES string of the molecule is C[Si](C)(C)CCOCN1C(=O)CCC(N2Cc3cc(N4CC5C4CCCN5c4cccc(S(=O)(=O)c5ccc(N)c(F)c5)c4)ccc3C2=O)C1=O. The number of halogens is 1. The first-order valence-electron chi connectivity index (χ1n) is 17.5. The van der Waals surface area contributed by atoms with E-state index in [1.54, 1.807) is 17.0 Å². The molecule has 0 saturated carbocycles. The van der Waals surface area contributed by atoms with E-state index >= 15 is 0 Å². The van der Waals surface area contributed by atoms with Crippen molar-refractivity contribution < 1.29 is 31.9 Å². The Bertz CT molecular complexity index is 2000. The van der Waals surface area contributed by atoms with Crippen molar-refractivity contribution >= 4 is 52.7 Å². The van der Waals surface area contributed by atoms with Crippen LogP contribution in [0, 0.1) is 5.82 Å². The first-order chi connectivity index (χ1) is 24.2. The number of hydrogen-bond donors (Lipinski definition) is 1. The van der Waals surface area contributed by atoms with Crippen molar-refractivity contribution in [2.24, 2.45) is 0 Å². The highest BCUT2D eigenvalue weighted by Crippen LogP contribution is 2.40. The van der Waals surface area contributed by atoms with E-state index < -0.39 is 29.8 Å². The van der Waals surface area contributed by atoms with Crippen LogP contribution in [0.1, 0.15) is 41.6 Å². The average Bonchev–Trinajstić information content (AvgIpc) is 3.40. The molecule has 4 heterocycles. The van der Waals surface area contributed by atoms with Gasteiger partial charge in [0.25, 0.3) is 11.8 Å². The molecular formula is C37H44FN5O6SSi. The maximum atomic E-state index is 14.1. The molecule has 4 aliphatic rings. The van der Waals surface area contributed by atoms with Gasteiger partial charge in [0.1, 0.15) is 18.6 Å². The molecule has 0 spiro atoms. The molecule has 270 valence electrons. The topological polar surface area (TPSA) is 134 Å². The highest BCUT2D eigenvalue weighted by Gasteiger charge is 2.46. The number of ether oxygens (including phenoxy) is 1. The number of hydrogen-bond acceptors (Lipinski definition) is 9. The number of imide groups is 1. The number of likely N-dealkylation sites (tertiary alicyclic amines) is 1. The van der Waals surface area contributed by atoms with E-state index in [1.807, 2.05) is 24.3 Å². The van der Waals surface area contributed by atoms with Gasteiger partial charge in [-0.05, 0) is 85.5 Å². The van der Waals surface area contributed by atoms with Crippen LogP contribution in [-0.2, 0) is 30.7 Å². The zero-order chi connectivity index (χ0) is 36.2. The Morgan fingerprint density at radius 3 is 2.43 bits per heavy atom. The van der Waals surface area contributed by atoms with Crippen LogP contribution < -0.4 is 15.5 Å². The number of nitrogens with two attached hydrogens (primary N) is 1. The molecule has 0 aromatic heterocycles. The first kappa shape index (κ1) is 35.1. The summed E-state index contributed by atoms with van der Waals surface area (Å²) >= 11 is 0. The Morgan fingerprint density at radius 2 is 1.67 bits per heavy atom. The third-order valence-corrected chi connectivity index (χ3v) is 14.1. The summed E-state index contributed by atoms with van der Waals surface area (Å²) in [6, 6.07) is 16.7. The van der Waals surface area contributed by atoms with E-state index in [0.29, 0.717) is 25.1 Å². The monoisotopic (exact) mass is 733 g/mol. The number of amides is 3. The standard InChI is InChI=1S/C37H44FN5O6SSi/c1-51(2,3)17-16-49-23-43-35(44)14-13-33(37(43)46)42-21-24-18-26(9-11-29(24)36(42)45)41-22-34-32(41)8-5-15-40(34)25-6-4-7-27(19-25)50(47,48)28-10-12-31(39)30(38)20-28/h4,6-7,9-12,18-20,32-34H,5,8,13-17,21-23,39H2,1-3H3. The lowest BCUT2D eigenvalue weighted by molar-refractivity contribution is -0.158. The van der Waals surface area contributed by atoms with Crippen LogP contribution in [0.2, 0.25) is 25.7 Å². The molecule has 3 amide bonds. The molecule has 3 saturated heterocycles. The molecule has 3 unspecified atom stereocenters. The van der Waals surface area contributed by atoms with E-state index in [4.69, 9.17) is 10.5 Å². The van der Waals surface area contributed by atoms with E-state index in [-0.39, 0.29) is 58.4 Å². The Hall–Kier alpha value is -4.27. The number of carbonyl (C=O) groups is 3. The van der Waals surface area contributed by atoms with Crippen LogP contribution in [0.15, 0.2) is 70.5 Å². The van der Waals surface area contributed by atoms with Gasteiger partial charge in [0.15, 0.2) is 0 Å². The van der Waals surface area contributed by atoms with Crippen LogP contribution in [0.25, 0.3) is 0 Å². The molecule has 3 atom stereocenters. The predicted octanol–water partition coefficient (Wildman–Crippen LogP) is 4.88. The molecule has 3 aromatic carbocycles. The molecule has 2 N–H and O–H groups in total. The molecule has 14 heteroatoms. The van der Waals surface area contributed by atoms with Gasteiger partial charge in [0.2, 0.25) is 15.7 Å². The van der Waals surface area contributed by atoms with Gasteiger partial charge in [0.05, 0.1) is 27.6 Å². The minimum atomic E-state index is -3.96. The summed E-state index contributed by atoms with van der Waals surface area (Å²) in [5, 5.41) is 0. The van der Waals surface area contributed by atoms with Crippen molar-refractivity contribution in [2.45, 2.75) is 85.8 Å². The van der Waals surface area contributed by atoms with Gasteiger partial charge >= 0.3 is 0 Å². The zero-order valence-corrected chi connectivity index (χ0v) is 31.0. The van der Waals surface area contributed by atoms with Crippen molar-refractivity contribution in [3.05, 3.63) is 77.6 Å². The van der Waals surface area contributed by atoms with E-state index in [1.165, 1.54) is 18.2 Å². The summed E-state index contributed by atoms with van der Waals surface area (Å²) in [4.78, 5) is 47.0. The van der Waals surface area contributed by atoms with Gasteiger partial charge in [0, 0.05) is 57.7 Å². The van der Waals surface area contributed by atoms with Gasteiger partial charge in [-0.25, -0.2) is 12.8 Å². The minimum absolute atomic E-state index is 0.0883. The third kappa shape index (κ3) is 6.64. The summed E-state index contributed by atoms with van der Waals surface area (Å²) in [5.74, 6) is -1.63. The van der Waals surface area contributed by atoms with E-state index in [2.05, 4.69) is 29.4 Å².